The fourth-order valence-electron chi connectivity index (χ4n) is 7.87. The van der Waals surface area contributed by atoms with Crippen molar-refractivity contribution in [1.29, 1.82) is 0 Å². The molecule has 0 amide bonds. The van der Waals surface area contributed by atoms with Gasteiger partial charge in [0.1, 0.15) is 16.9 Å². The Hall–Kier alpha value is -5.09. The van der Waals surface area contributed by atoms with E-state index < -0.39 is 92.5 Å². The summed E-state index contributed by atoms with van der Waals surface area (Å²) < 4.78 is 189. The Balaban J connectivity index is 1.39. The van der Waals surface area contributed by atoms with E-state index in [1.165, 1.54) is 12.1 Å². The second kappa shape index (κ2) is 12.8. The number of benzene rings is 5. The molecule has 2 fully saturated rings. The van der Waals surface area contributed by atoms with E-state index in [2.05, 4.69) is 21.5 Å². The average molecular weight is 700 g/mol. The quantitative estimate of drug-likeness (QED) is 0.179. The first-order chi connectivity index (χ1) is 33.2. The monoisotopic (exact) mass is 699 g/mol. The zero-order valence-electron chi connectivity index (χ0n) is 48.3. The molecular formula is C48H45N3O. The molecule has 10 rings (SSSR count). The molecule has 0 spiro atoms. The van der Waals surface area contributed by atoms with E-state index in [1.807, 2.05) is 56.3 Å². The maximum atomic E-state index is 10.3. The molecule has 0 bridgehead atoms. The van der Waals surface area contributed by atoms with Crippen LogP contribution in [0, 0.1) is 13.8 Å². The van der Waals surface area contributed by atoms with Crippen LogP contribution in [0.3, 0.4) is 0 Å². The molecule has 2 aromatic heterocycles. The predicted molar refractivity (Wildman–Crippen MR) is 213 cm³/mol. The minimum Gasteiger partial charge on any atom is -0.456 e. The van der Waals surface area contributed by atoms with Crippen LogP contribution in [0.15, 0.2) is 95.4 Å². The summed E-state index contributed by atoms with van der Waals surface area (Å²) in [5, 5.41) is 13.1. The van der Waals surface area contributed by atoms with Crippen LogP contribution < -0.4 is 0 Å². The fourth-order valence-corrected chi connectivity index (χ4v) is 7.87. The third kappa shape index (κ3) is 5.05. The molecule has 0 N–H and O–H groups in total. The number of fused-ring (bicyclic) bond motifs is 6. The number of aromatic nitrogens is 3. The molecule has 5 aromatic carbocycles. The lowest BCUT2D eigenvalue weighted by molar-refractivity contribution is 0.408. The minimum absolute atomic E-state index is 0.153. The summed E-state index contributed by atoms with van der Waals surface area (Å²) in [4.78, 5) is 0. The number of furan rings is 1. The molecule has 3 aliphatic rings. The first-order valence-corrected chi connectivity index (χ1v) is 17.1. The van der Waals surface area contributed by atoms with Crippen molar-refractivity contribution in [2.75, 3.05) is 0 Å². The molecule has 4 heteroatoms. The minimum atomic E-state index is -4.09. The third-order valence-corrected chi connectivity index (χ3v) is 10.3. The topological polar surface area (TPSA) is 51.8 Å². The van der Waals surface area contributed by atoms with Gasteiger partial charge in [-0.2, -0.15) is 0 Å². The second-order valence-electron chi connectivity index (χ2n) is 13.1. The molecular weight excluding hydrogens is 635 g/mol. The van der Waals surface area contributed by atoms with Gasteiger partial charge in [-0.25, -0.2) is 0 Å². The predicted octanol–water partition coefficient (Wildman–Crippen LogP) is 13.1. The van der Waals surface area contributed by atoms with Crippen LogP contribution >= 0.6 is 0 Å². The number of nitrogens with zero attached hydrogens (tertiary/aromatic N) is 3. The van der Waals surface area contributed by atoms with Crippen molar-refractivity contribution in [3.63, 3.8) is 0 Å². The van der Waals surface area contributed by atoms with E-state index in [-0.39, 0.29) is 11.1 Å². The fraction of sp³-hybridized carbons (Fsp3) is 0.312. The molecule has 4 atom stereocenters. The third-order valence-electron chi connectivity index (χ3n) is 10.3. The molecule has 0 aliphatic heterocycles. The molecule has 0 saturated heterocycles. The number of para-hydroxylation sites is 1. The zero-order chi connectivity index (χ0) is 52.7. The lowest BCUT2D eigenvalue weighted by atomic mass is 9.76. The largest absolute Gasteiger partial charge is 0.456 e. The lowest BCUT2D eigenvalue weighted by Crippen LogP contribution is -2.17. The number of hydrogen-bond acceptors (Lipinski definition) is 4. The summed E-state index contributed by atoms with van der Waals surface area (Å²) in [5.74, 6) is -7.79. The van der Waals surface area contributed by atoms with Crippen LogP contribution in [0.5, 0.6) is 0 Å². The Morgan fingerprint density at radius 1 is 0.654 bits per heavy atom. The Bertz CT molecular complexity index is 3440. The molecule has 7 aromatic rings. The van der Waals surface area contributed by atoms with Gasteiger partial charge in [0.15, 0.2) is 0 Å². The van der Waals surface area contributed by atoms with Crippen molar-refractivity contribution in [3.8, 4) is 44.6 Å². The molecule has 0 radical (unpaired) electrons. The van der Waals surface area contributed by atoms with Gasteiger partial charge in [0, 0.05) is 60.8 Å². The van der Waals surface area contributed by atoms with Gasteiger partial charge in [0.25, 0.3) is 0 Å². The summed E-state index contributed by atoms with van der Waals surface area (Å²) in [7, 11) is 0. The van der Waals surface area contributed by atoms with Gasteiger partial charge in [0.2, 0.25) is 0 Å². The Labute approximate surface area is 334 Å². The second-order valence-corrected chi connectivity index (χ2v) is 13.1. The highest BCUT2D eigenvalue weighted by Gasteiger charge is 2.32. The van der Waals surface area contributed by atoms with Gasteiger partial charge in [-0.1, -0.05) is 111 Å². The highest BCUT2D eigenvalue weighted by Crippen LogP contribution is 2.52. The highest BCUT2D eigenvalue weighted by atomic mass is 16.3. The molecule has 3 aliphatic carbocycles. The van der Waals surface area contributed by atoms with Gasteiger partial charge in [-0.15, -0.1) is 10.2 Å². The van der Waals surface area contributed by atoms with Crippen LogP contribution in [0.4, 0.5) is 0 Å². The van der Waals surface area contributed by atoms with Crippen molar-refractivity contribution in [2.45, 2.75) is 95.8 Å². The van der Waals surface area contributed by atoms with E-state index in [1.54, 1.807) is 30.3 Å². The Kier molecular flexibility index (Phi) is 4.24. The SMILES string of the molecule is [2H]C1C([2H])([2H])C([2H])([2H])C([2H])([2H])C([2H])([2H])C1([2H])c1nnnc(-c2ccccc2-c2c(-c3c(C)c(C)cc4c3Cc3ccccc3-4)ccc3oc4ccccc4c23)c1C1([2H])C([2H])C([2H])([2H])C([2H])([2H])C([2H])([2H])C1([2H])[2H]. The van der Waals surface area contributed by atoms with Crippen LogP contribution in [-0.4, -0.2) is 15.4 Å². The number of hydrogen-bond donors (Lipinski definition) is 0. The number of aryl methyl sites for hydroxylation is 1. The van der Waals surface area contributed by atoms with Gasteiger partial charge in [0.05, 0.1) is 5.69 Å². The van der Waals surface area contributed by atoms with Crippen molar-refractivity contribution >= 4 is 21.9 Å². The Morgan fingerprint density at radius 2 is 1.38 bits per heavy atom. The van der Waals surface area contributed by atoms with Crippen molar-refractivity contribution in [1.82, 2.24) is 15.4 Å². The van der Waals surface area contributed by atoms with Crippen LogP contribution in [-0.2, 0) is 6.42 Å². The molecule has 4 nitrogen and oxygen atoms in total. The molecule has 52 heavy (non-hydrogen) atoms. The first kappa shape index (κ1) is 17.2. The smallest absolute Gasteiger partial charge is 0.136 e. The van der Waals surface area contributed by atoms with Crippen LogP contribution in [0.2, 0.25) is 0 Å². The van der Waals surface area contributed by atoms with Gasteiger partial charge in [-0.3, -0.25) is 0 Å². The van der Waals surface area contributed by atoms with E-state index in [9.17, 15) is 11.0 Å². The standard InChI is InChI=1S/C48H45N3O/c1-29-27-39-34-20-10-9-19-33(34)28-40(39)43(30(29)2)38-25-26-42-46(37-23-13-14-24-41(37)52-42)45(38)35-21-11-12-22-36(35)48-44(31-15-5-3-6-16-31)47(49-51-50-48)32-17-7-4-8-18-32/h9-14,19-27,31-32H,3-8,15-18,28H2,1-2H3/i3D2,4D2,5D2,6D2,7D2,8D2,15D,16D2,17D,18D2,31D,32D. The average Bonchev–Trinajstić information content (AvgIpc) is 3.90. The van der Waals surface area contributed by atoms with Gasteiger partial charge in [-0.05, 0) is 125 Å². The van der Waals surface area contributed by atoms with E-state index >= 15 is 0 Å². The summed E-state index contributed by atoms with van der Waals surface area (Å²) in [6.07, 6.45) is -37.1. The van der Waals surface area contributed by atoms with Crippen molar-refractivity contribution < 1.29 is 31.8 Å². The lowest BCUT2D eigenvalue weighted by Gasteiger charge is -2.30. The maximum Gasteiger partial charge on any atom is 0.136 e. The molecule has 258 valence electrons. The Morgan fingerprint density at radius 3 is 2.25 bits per heavy atom. The van der Waals surface area contributed by atoms with Crippen LogP contribution in [0.1, 0.15) is 136 Å². The summed E-state index contributed by atoms with van der Waals surface area (Å²) >= 11 is 0. The van der Waals surface area contributed by atoms with Crippen LogP contribution in [0.25, 0.3) is 66.6 Å². The summed E-state index contributed by atoms with van der Waals surface area (Å²) in [6, 6.07) is 27.1. The normalized spacial score (nSPS) is 37.6. The van der Waals surface area contributed by atoms with E-state index in [0.29, 0.717) is 39.5 Å². The molecule has 4 unspecified atom stereocenters. The summed E-state index contributed by atoms with van der Waals surface area (Å²) in [5.41, 5.74) is 5.26. The maximum absolute atomic E-state index is 10.3. The zero-order valence-corrected chi connectivity index (χ0v) is 28.3. The van der Waals surface area contributed by atoms with E-state index in [4.69, 9.17) is 20.9 Å². The molecule has 2 heterocycles. The van der Waals surface area contributed by atoms with Gasteiger partial charge < -0.3 is 4.42 Å². The van der Waals surface area contributed by atoms with Crippen molar-refractivity contribution in [3.05, 3.63) is 125 Å². The summed E-state index contributed by atoms with van der Waals surface area (Å²) in [6.45, 7) is 3.96. The first-order valence-electron chi connectivity index (χ1n) is 27.2. The van der Waals surface area contributed by atoms with Crippen molar-refractivity contribution in [2.24, 2.45) is 0 Å². The molecule has 2 saturated carbocycles. The highest BCUT2D eigenvalue weighted by molar-refractivity contribution is 6.17. The van der Waals surface area contributed by atoms with E-state index in [0.717, 1.165) is 38.9 Å². The number of rotatable bonds is 5. The van der Waals surface area contributed by atoms with Gasteiger partial charge >= 0.3 is 0 Å².